The molecule has 0 bridgehead atoms. The van der Waals surface area contributed by atoms with Crippen molar-refractivity contribution in [3.05, 3.63) is 29.3 Å². The fraction of sp³-hybridized carbons (Fsp3) is 0.375. The minimum absolute atomic E-state index is 0.0121. The third kappa shape index (κ3) is 5.46. The highest BCUT2D eigenvalue weighted by atomic mass is 16.5. The number of carbonyl (C=O) groups excluding carboxylic acids is 2. The Balaban J connectivity index is 2.63. The summed E-state index contributed by atoms with van der Waals surface area (Å²) in [5.41, 5.74) is 0.924. The molecule has 1 aromatic carbocycles. The second-order valence-electron chi connectivity index (χ2n) is 4.79. The normalized spacial score (nSPS) is 9.95. The van der Waals surface area contributed by atoms with E-state index >= 15 is 0 Å². The molecule has 0 aliphatic heterocycles. The van der Waals surface area contributed by atoms with Crippen molar-refractivity contribution in [2.24, 2.45) is 0 Å². The fourth-order valence-corrected chi connectivity index (χ4v) is 1.68. The van der Waals surface area contributed by atoms with E-state index < -0.39 is 12.5 Å². The van der Waals surface area contributed by atoms with Gasteiger partial charge in [0.05, 0.1) is 11.7 Å². The molecule has 0 radical (unpaired) electrons. The second kappa shape index (κ2) is 8.70. The molecular weight excluding hydrogens is 284 g/mol. The maximum Gasteiger partial charge on any atom is 0.251 e. The molecule has 0 aliphatic rings. The summed E-state index contributed by atoms with van der Waals surface area (Å²) >= 11 is 0. The van der Waals surface area contributed by atoms with Crippen LogP contribution < -0.4 is 15.4 Å². The summed E-state index contributed by atoms with van der Waals surface area (Å²) < 4.78 is 5.56. The predicted octanol–water partition coefficient (Wildman–Crippen LogP) is 0.293. The molecule has 0 saturated carbocycles. The zero-order chi connectivity index (χ0) is 16.5. The summed E-state index contributed by atoms with van der Waals surface area (Å²) in [6, 6.07) is 4.87. The third-order valence-corrected chi connectivity index (χ3v) is 2.64. The van der Waals surface area contributed by atoms with Gasteiger partial charge >= 0.3 is 0 Å². The topological polar surface area (TPSA) is 87.7 Å². The van der Waals surface area contributed by atoms with Gasteiger partial charge in [-0.25, -0.2) is 0 Å². The summed E-state index contributed by atoms with van der Waals surface area (Å²) in [5.74, 6) is 2.27. The lowest BCUT2D eigenvalue weighted by Gasteiger charge is -2.13. The number of benzene rings is 1. The van der Waals surface area contributed by atoms with Gasteiger partial charge < -0.3 is 20.5 Å². The van der Waals surface area contributed by atoms with Crippen molar-refractivity contribution in [2.75, 3.05) is 19.7 Å². The zero-order valence-electron chi connectivity index (χ0n) is 12.7. The molecule has 0 aromatic heterocycles. The Morgan fingerprint density at radius 3 is 2.59 bits per heavy atom. The first-order chi connectivity index (χ1) is 10.5. The average Bonchev–Trinajstić information content (AvgIpc) is 2.50. The van der Waals surface area contributed by atoms with Crippen LogP contribution in [0, 0.1) is 12.3 Å². The number of nitrogens with one attached hydrogen (secondary N) is 2. The summed E-state index contributed by atoms with van der Waals surface area (Å²) in [4.78, 5) is 22.8. The van der Waals surface area contributed by atoms with Crippen LogP contribution in [-0.4, -0.2) is 42.7 Å². The van der Waals surface area contributed by atoms with Crippen LogP contribution in [0.3, 0.4) is 0 Å². The summed E-state index contributed by atoms with van der Waals surface area (Å²) in [5, 5.41) is 13.6. The van der Waals surface area contributed by atoms with Crippen LogP contribution in [0.25, 0.3) is 0 Å². The molecule has 0 spiro atoms. The number of terminal acetylenes is 1. The van der Waals surface area contributed by atoms with Crippen molar-refractivity contribution in [1.29, 1.82) is 0 Å². The molecule has 6 nitrogen and oxygen atoms in total. The van der Waals surface area contributed by atoms with Crippen LogP contribution in [0.15, 0.2) is 18.2 Å². The fourth-order valence-electron chi connectivity index (χ4n) is 1.68. The monoisotopic (exact) mass is 304 g/mol. The first kappa shape index (κ1) is 17.5. The summed E-state index contributed by atoms with van der Waals surface area (Å²) in [6.45, 7) is 3.70. The van der Waals surface area contributed by atoms with E-state index in [1.54, 1.807) is 18.2 Å². The molecule has 118 valence electrons. The van der Waals surface area contributed by atoms with Crippen LogP contribution in [0.2, 0.25) is 0 Å². The standard InChI is InChI=1S/C16H20N2O4/c1-4-12-9-13(5-6-14(12)22-11(2)3)16(21)18-8-7-17-15(20)10-19/h1,5-6,9,11,19H,7-8,10H2,2-3H3,(H,17,20)(H,18,21). The van der Waals surface area contributed by atoms with Gasteiger partial charge in [0.25, 0.3) is 5.91 Å². The number of hydrogen-bond donors (Lipinski definition) is 3. The van der Waals surface area contributed by atoms with Crippen LogP contribution in [-0.2, 0) is 4.79 Å². The number of aliphatic hydroxyl groups excluding tert-OH is 1. The van der Waals surface area contributed by atoms with E-state index in [1.807, 2.05) is 13.8 Å². The molecule has 0 unspecified atom stereocenters. The maximum atomic E-state index is 12.0. The number of amides is 2. The highest BCUT2D eigenvalue weighted by Gasteiger charge is 2.10. The van der Waals surface area contributed by atoms with Crippen LogP contribution >= 0.6 is 0 Å². The highest BCUT2D eigenvalue weighted by Crippen LogP contribution is 2.20. The molecule has 3 N–H and O–H groups in total. The Morgan fingerprint density at radius 1 is 1.32 bits per heavy atom. The van der Waals surface area contributed by atoms with Gasteiger partial charge in [-0.05, 0) is 32.0 Å². The van der Waals surface area contributed by atoms with Crippen molar-refractivity contribution in [1.82, 2.24) is 10.6 Å². The second-order valence-corrected chi connectivity index (χ2v) is 4.79. The minimum Gasteiger partial charge on any atom is -0.490 e. The number of rotatable bonds is 7. The van der Waals surface area contributed by atoms with Gasteiger partial charge in [0.1, 0.15) is 12.4 Å². The van der Waals surface area contributed by atoms with E-state index in [9.17, 15) is 9.59 Å². The van der Waals surface area contributed by atoms with Gasteiger partial charge in [-0.1, -0.05) is 5.92 Å². The van der Waals surface area contributed by atoms with E-state index in [2.05, 4.69) is 16.6 Å². The third-order valence-electron chi connectivity index (χ3n) is 2.64. The van der Waals surface area contributed by atoms with Gasteiger partial charge in [-0.3, -0.25) is 9.59 Å². The van der Waals surface area contributed by atoms with Crippen molar-refractivity contribution in [3.63, 3.8) is 0 Å². The molecule has 22 heavy (non-hydrogen) atoms. The molecule has 6 heteroatoms. The lowest BCUT2D eigenvalue weighted by atomic mass is 10.1. The lowest BCUT2D eigenvalue weighted by molar-refractivity contribution is -0.123. The van der Waals surface area contributed by atoms with Gasteiger partial charge in [-0.2, -0.15) is 0 Å². The number of carbonyl (C=O) groups is 2. The van der Waals surface area contributed by atoms with Crippen molar-refractivity contribution < 1.29 is 19.4 Å². The predicted molar refractivity (Wildman–Crippen MR) is 82.6 cm³/mol. The smallest absolute Gasteiger partial charge is 0.251 e. The lowest BCUT2D eigenvalue weighted by Crippen LogP contribution is -2.35. The van der Waals surface area contributed by atoms with Crippen molar-refractivity contribution >= 4 is 11.8 Å². The SMILES string of the molecule is C#Cc1cc(C(=O)NCCNC(=O)CO)ccc1OC(C)C. The highest BCUT2D eigenvalue weighted by molar-refractivity contribution is 5.94. The van der Waals surface area contributed by atoms with Crippen LogP contribution in [0.1, 0.15) is 29.8 Å². The van der Waals surface area contributed by atoms with E-state index in [-0.39, 0.29) is 25.1 Å². The van der Waals surface area contributed by atoms with Gasteiger partial charge in [0.2, 0.25) is 5.91 Å². The largest absolute Gasteiger partial charge is 0.490 e. The molecule has 0 atom stereocenters. The van der Waals surface area contributed by atoms with Crippen LogP contribution in [0.4, 0.5) is 0 Å². The molecule has 2 amide bonds. The minimum atomic E-state index is -0.573. The van der Waals surface area contributed by atoms with Crippen molar-refractivity contribution in [3.8, 4) is 18.1 Å². The molecule has 0 aliphatic carbocycles. The first-order valence-corrected chi connectivity index (χ1v) is 6.91. The van der Waals surface area contributed by atoms with E-state index in [0.717, 1.165) is 0 Å². The molecule has 0 saturated heterocycles. The zero-order valence-corrected chi connectivity index (χ0v) is 12.7. The Morgan fingerprint density at radius 2 is 2.00 bits per heavy atom. The Bertz CT molecular complexity index is 576. The number of aliphatic hydroxyl groups is 1. The van der Waals surface area contributed by atoms with E-state index in [4.69, 9.17) is 16.3 Å². The summed E-state index contributed by atoms with van der Waals surface area (Å²) in [6.07, 6.45) is 5.42. The molecular formula is C16H20N2O4. The molecule has 0 fully saturated rings. The molecule has 1 aromatic rings. The van der Waals surface area contributed by atoms with Gasteiger partial charge in [0, 0.05) is 18.7 Å². The number of ether oxygens (including phenoxy) is 1. The van der Waals surface area contributed by atoms with Crippen molar-refractivity contribution in [2.45, 2.75) is 20.0 Å². The Hall–Kier alpha value is -2.52. The number of hydrogen-bond acceptors (Lipinski definition) is 4. The summed E-state index contributed by atoms with van der Waals surface area (Å²) in [7, 11) is 0. The first-order valence-electron chi connectivity index (χ1n) is 6.91. The Kier molecular flexibility index (Phi) is 6.93. The Labute approximate surface area is 129 Å². The quantitative estimate of drug-likeness (QED) is 0.499. The van der Waals surface area contributed by atoms with E-state index in [0.29, 0.717) is 16.9 Å². The average molecular weight is 304 g/mol. The van der Waals surface area contributed by atoms with Gasteiger partial charge in [0.15, 0.2) is 0 Å². The van der Waals surface area contributed by atoms with Crippen LogP contribution in [0.5, 0.6) is 5.75 Å². The molecule has 1 rings (SSSR count). The maximum absolute atomic E-state index is 12.0. The van der Waals surface area contributed by atoms with E-state index in [1.165, 1.54) is 0 Å². The molecule has 0 heterocycles. The van der Waals surface area contributed by atoms with Gasteiger partial charge in [-0.15, -0.1) is 6.42 Å².